The van der Waals surface area contributed by atoms with Crippen LogP contribution in [0.4, 0.5) is 0 Å². The summed E-state index contributed by atoms with van der Waals surface area (Å²) in [6, 6.07) is 0. The van der Waals surface area contributed by atoms with Gasteiger partial charge in [-0.2, -0.15) is 0 Å². The van der Waals surface area contributed by atoms with E-state index >= 15 is 0 Å². The van der Waals surface area contributed by atoms with Gasteiger partial charge in [-0.3, -0.25) is 0 Å². The predicted octanol–water partition coefficient (Wildman–Crippen LogP) is 3.56. The van der Waals surface area contributed by atoms with Gasteiger partial charge in [-0.15, -0.1) is 11.3 Å². The standard InChI is InChI=1S/C8H12S.CH4/c1-4-8-7(3)6(2)5-9-8;/h5H,4H2,1-3H3;1H4. The lowest BCUT2D eigenvalue weighted by atomic mass is 10.2. The van der Waals surface area contributed by atoms with Gasteiger partial charge < -0.3 is 0 Å². The molecule has 0 atom stereocenters. The molecule has 1 rings (SSSR count). The van der Waals surface area contributed by atoms with Crippen LogP contribution in [-0.4, -0.2) is 0 Å². The third kappa shape index (κ3) is 1.60. The summed E-state index contributed by atoms with van der Waals surface area (Å²) in [6.45, 7) is 6.58. The topological polar surface area (TPSA) is 0 Å². The van der Waals surface area contributed by atoms with Crippen LogP contribution in [0.15, 0.2) is 5.38 Å². The summed E-state index contributed by atoms with van der Waals surface area (Å²) in [5.74, 6) is 0. The number of thiophene rings is 1. The summed E-state index contributed by atoms with van der Waals surface area (Å²) in [5.41, 5.74) is 2.93. The first-order chi connectivity index (χ1) is 4.25. The van der Waals surface area contributed by atoms with Crippen molar-refractivity contribution in [1.82, 2.24) is 0 Å². The van der Waals surface area contributed by atoms with E-state index in [1.165, 1.54) is 22.4 Å². The first kappa shape index (κ1) is 9.70. The maximum Gasteiger partial charge on any atom is 0.00743 e. The summed E-state index contributed by atoms with van der Waals surface area (Å²) in [7, 11) is 0. The van der Waals surface area contributed by atoms with Crippen molar-refractivity contribution in [3.05, 3.63) is 21.4 Å². The van der Waals surface area contributed by atoms with E-state index in [2.05, 4.69) is 26.2 Å². The first-order valence-electron chi connectivity index (χ1n) is 3.29. The molecule has 0 fully saturated rings. The Bertz CT molecular complexity index is 198. The lowest BCUT2D eigenvalue weighted by Gasteiger charge is -1.91. The van der Waals surface area contributed by atoms with Crippen LogP contribution < -0.4 is 0 Å². The Labute approximate surface area is 67.9 Å². The second kappa shape index (κ2) is 3.77. The summed E-state index contributed by atoms with van der Waals surface area (Å²) in [6.07, 6.45) is 1.18. The van der Waals surface area contributed by atoms with Gasteiger partial charge in [0.05, 0.1) is 0 Å². The molecule has 1 heterocycles. The minimum atomic E-state index is 0. The van der Waals surface area contributed by atoms with Crippen molar-refractivity contribution in [3.8, 4) is 0 Å². The fraction of sp³-hybridized carbons (Fsp3) is 0.556. The van der Waals surface area contributed by atoms with Crippen molar-refractivity contribution in [2.75, 3.05) is 0 Å². The Morgan fingerprint density at radius 1 is 1.40 bits per heavy atom. The molecule has 58 valence electrons. The lowest BCUT2D eigenvalue weighted by Crippen LogP contribution is -1.77. The van der Waals surface area contributed by atoms with Gasteiger partial charge in [0.1, 0.15) is 0 Å². The molecular weight excluding hydrogens is 140 g/mol. The zero-order valence-electron chi connectivity index (χ0n) is 6.19. The fourth-order valence-electron chi connectivity index (χ4n) is 0.905. The van der Waals surface area contributed by atoms with Gasteiger partial charge in [-0.05, 0) is 36.8 Å². The highest BCUT2D eigenvalue weighted by molar-refractivity contribution is 7.10. The quantitative estimate of drug-likeness (QED) is 0.583. The van der Waals surface area contributed by atoms with E-state index < -0.39 is 0 Å². The summed E-state index contributed by atoms with van der Waals surface area (Å²) >= 11 is 1.88. The third-order valence-electron chi connectivity index (χ3n) is 1.71. The zero-order chi connectivity index (χ0) is 6.85. The summed E-state index contributed by atoms with van der Waals surface area (Å²) in [5, 5.41) is 2.23. The molecule has 0 saturated heterocycles. The molecule has 0 N–H and O–H groups in total. The van der Waals surface area contributed by atoms with Crippen molar-refractivity contribution < 1.29 is 0 Å². The molecule has 1 aromatic rings. The van der Waals surface area contributed by atoms with E-state index in [9.17, 15) is 0 Å². The normalized spacial score (nSPS) is 9.10. The SMILES string of the molecule is C.CCc1scc(C)c1C. The molecular formula is C9H16S. The maximum atomic E-state index is 2.23. The highest BCUT2D eigenvalue weighted by Crippen LogP contribution is 2.20. The summed E-state index contributed by atoms with van der Waals surface area (Å²) in [4.78, 5) is 1.53. The summed E-state index contributed by atoms with van der Waals surface area (Å²) < 4.78 is 0. The minimum absolute atomic E-state index is 0. The van der Waals surface area contributed by atoms with Crippen molar-refractivity contribution in [2.45, 2.75) is 34.6 Å². The molecule has 0 nitrogen and oxygen atoms in total. The van der Waals surface area contributed by atoms with E-state index in [1.54, 1.807) is 0 Å². The Morgan fingerprint density at radius 2 is 2.00 bits per heavy atom. The molecule has 0 unspecified atom stereocenters. The second-order valence-corrected chi connectivity index (χ2v) is 3.28. The molecule has 0 bridgehead atoms. The molecule has 1 heteroatoms. The van der Waals surface area contributed by atoms with Gasteiger partial charge >= 0.3 is 0 Å². The predicted molar refractivity (Wildman–Crippen MR) is 49.9 cm³/mol. The molecule has 0 radical (unpaired) electrons. The highest BCUT2D eigenvalue weighted by atomic mass is 32.1. The third-order valence-corrected chi connectivity index (χ3v) is 3.06. The molecule has 10 heavy (non-hydrogen) atoms. The van der Waals surface area contributed by atoms with Crippen LogP contribution in [0.3, 0.4) is 0 Å². The highest BCUT2D eigenvalue weighted by Gasteiger charge is 1.99. The molecule has 0 aliphatic rings. The van der Waals surface area contributed by atoms with Crippen LogP contribution >= 0.6 is 11.3 Å². The van der Waals surface area contributed by atoms with Gasteiger partial charge in [0.25, 0.3) is 0 Å². The smallest absolute Gasteiger partial charge is 0.00743 e. The Balaban J connectivity index is 0.000000810. The fourth-order valence-corrected chi connectivity index (χ4v) is 1.90. The molecule has 0 saturated carbocycles. The van der Waals surface area contributed by atoms with Crippen LogP contribution in [0.25, 0.3) is 0 Å². The average molecular weight is 156 g/mol. The average Bonchev–Trinajstić information content (AvgIpc) is 2.15. The van der Waals surface area contributed by atoms with Gasteiger partial charge in [0, 0.05) is 4.88 Å². The largest absolute Gasteiger partial charge is 0.148 e. The molecule has 0 amide bonds. The number of aryl methyl sites for hydroxylation is 2. The molecule has 0 spiro atoms. The van der Waals surface area contributed by atoms with E-state index in [4.69, 9.17) is 0 Å². The van der Waals surface area contributed by atoms with Crippen molar-refractivity contribution in [1.29, 1.82) is 0 Å². The van der Waals surface area contributed by atoms with Crippen LogP contribution in [0.2, 0.25) is 0 Å². The Morgan fingerprint density at radius 3 is 2.20 bits per heavy atom. The minimum Gasteiger partial charge on any atom is -0.148 e. The van der Waals surface area contributed by atoms with Crippen LogP contribution in [0.1, 0.15) is 30.4 Å². The van der Waals surface area contributed by atoms with Crippen molar-refractivity contribution >= 4 is 11.3 Å². The first-order valence-corrected chi connectivity index (χ1v) is 4.17. The zero-order valence-corrected chi connectivity index (χ0v) is 7.01. The van der Waals surface area contributed by atoms with Gasteiger partial charge in [-0.1, -0.05) is 14.4 Å². The van der Waals surface area contributed by atoms with E-state index in [0.717, 1.165) is 0 Å². The molecule has 0 aliphatic heterocycles. The number of rotatable bonds is 1. The van der Waals surface area contributed by atoms with E-state index in [1.807, 2.05) is 11.3 Å². The van der Waals surface area contributed by atoms with Crippen molar-refractivity contribution in [3.63, 3.8) is 0 Å². The van der Waals surface area contributed by atoms with Crippen LogP contribution in [0.5, 0.6) is 0 Å². The molecule has 0 aliphatic carbocycles. The Hall–Kier alpha value is -0.300. The van der Waals surface area contributed by atoms with Crippen molar-refractivity contribution in [2.24, 2.45) is 0 Å². The molecule has 1 aromatic heterocycles. The van der Waals surface area contributed by atoms with Crippen LogP contribution in [-0.2, 0) is 6.42 Å². The Kier molecular flexibility index (Phi) is 3.66. The maximum absolute atomic E-state index is 2.23. The second-order valence-electron chi connectivity index (χ2n) is 2.32. The van der Waals surface area contributed by atoms with E-state index in [-0.39, 0.29) is 7.43 Å². The number of hydrogen-bond acceptors (Lipinski definition) is 1. The monoisotopic (exact) mass is 156 g/mol. The van der Waals surface area contributed by atoms with Gasteiger partial charge in [-0.25, -0.2) is 0 Å². The lowest BCUT2D eigenvalue weighted by molar-refractivity contribution is 1.15. The van der Waals surface area contributed by atoms with E-state index in [0.29, 0.717) is 0 Å². The molecule has 0 aromatic carbocycles. The van der Waals surface area contributed by atoms with Gasteiger partial charge in [0.2, 0.25) is 0 Å². The van der Waals surface area contributed by atoms with Gasteiger partial charge in [0.15, 0.2) is 0 Å². The number of hydrogen-bond donors (Lipinski definition) is 0. The van der Waals surface area contributed by atoms with Crippen LogP contribution in [0, 0.1) is 13.8 Å².